The molecule has 0 amide bonds. The Balaban J connectivity index is 1.96. The van der Waals surface area contributed by atoms with Crippen LogP contribution in [0.1, 0.15) is 11.3 Å². The molecule has 122 valence electrons. The highest BCUT2D eigenvalue weighted by Crippen LogP contribution is 2.12. The van der Waals surface area contributed by atoms with Crippen molar-refractivity contribution in [2.75, 3.05) is 19.8 Å². The molecule has 23 heavy (non-hydrogen) atoms. The van der Waals surface area contributed by atoms with E-state index < -0.39 is 6.10 Å². The Morgan fingerprint density at radius 2 is 2.04 bits per heavy atom. The summed E-state index contributed by atoms with van der Waals surface area (Å²) in [7, 11) is 0. The maximum Gasteiger partial charge on any atom is 0.123 e. The maximum absolute atomic E-state index is 13.0. The van der Waals surface area contributed by atoms with E-state index in [-0.39, 0.29) is 19.0 Å². The molecule has 1 heterocycles. The van der Waals surface area contributed by atoms with Crippen molar-refractivity contribution in [2.24, 2.45) is 0 Å². The Morgan fingerprint density at radius 3 is 2.70 bits per heavy atom. The molecule has 5 heteroatoms. The zero-order valence-electron chi connectivity index (χ0n) is 12.8. The molecule has 0 aliphatic heterocycles. The lowest BCUT2D eigenvalue weighted by atomic mass is 10.2. The first-order valence-electron chi connectivity index (χ1n) is 7.36. The van der Waals surface area contributed by atoms with Gasteiger partial charge in [-0.05, 0) is 29.8 Å². The zero-order valence-corrected chi connectivity index (χ0v) is 12.8. The summed E-state index contributed by atoms with van der Waals surface area (Å²) < 4.78 is 23.5. The smallest absolute Gasteiger partial charge is 0.123 e. The topological polar surface area (TPSA) is 45.8 Å². The fraction of sp³-hybridized carbons (Fsp3) is 0.333. The molecule has 0 bridgehead atoms. The Bertz CT molecular complexity index is 604. The van der Waals surface area contributed by atoms with Crippen molar-refractivity contribution in [3.63, 3.8) is 0 Å². The first kappa shape index (κ1) is 17.2. The van der Waals surface area contributed by atoms with Gasteiger partial charge in [-0.1, -0.05) is 18.1 Å². The number of benzene rings is 1. The van der Waals surface area contributed by atoms with Crippen LogP contribution in [0.4, 0.5) is 4.39 Å². The normalized spacial score (nSPS) is 12.3. The van der Waals surface area contributed by atoms with Crippen LogP contribution in [0, 0.1) is 18.2 Å². The van der Waals surface area contributed by atoms with Gasteiger partial charge in [0.05, 0.1) is 25.5 Å². The van der Waals surface area contributed by atoms with Crippen molar-refractivity contribution < 1.29 is 18.7 Å². The molecule has 0 aliphatic carbocycles. The van der Waals surface area contributed by atoms with Crippen LogP contribution in [0.5, 0.6) is 0 Å². The molecule has 0 aliphatic rings. The van der Waals surface area contributed by atoms with Gasteiger partial charge in [0.15, 0.2) is 0 Å². The van der Waals surface area contributed by atoms with E-state index in [1.165, 1.54) is 12.1 Å². The van der Waals surface area contributed by atoms with Gasteiger partial charge in [-0.15, -0.1) is 6.42 Å². The molecular formula is C18H20FNO3. The third-order valence-corrected chi connectivity index (χ3v) is 3.24. The summed E-state index contributed by atoms with van der Waals surface area (Å²) in [5, 5.41) is 10.1. The Labute approximate surface area is 135 Å². The molecule has 0 spiro atoms. The number of nitrogens with zero attached hydrogens (tertiary/aromatic N) is 1. The number of ether oxygens (including phenoxy) is 1. The molecule has 2 aromatic rings. The number of aliphatic hydroxyl groups is 1. The highest BCUT2D eigenvalue weighted by Gasteiger charge is 2.14. The molecule has 2 rings (SSSR count). The predicted molar refractivity (Wildman–Crippen MR) is 84.9 cm³/mol. The van der Waals surface area contributed by atoms with E-state index in [9.17, 15) is 9.50 Å². The summed E-state index contributed by atoms with van der Waals surface area (Å²) in [5.41, 5.74) is 0.953. The number of terminal acetylenes is 1. The lowest BCUT2D eigenvalue weighted by molar-refractivity contribution is 0.0230. The maximum atomic E-state index is 13.0. The molecular weight excluding hydrogens is 297 g/mol. The SMILES string of the molecule is C#CCOCC(O)CN(Cc1ccc(F)cc1)Cc1ccco1. The van der Waals surface area contributed by atoms with Gasteiger partial charge in [-0.25, -0.2) is 4.39 Å². The quantitative estimate of drug-likeness (QED) is 0.570. The van der Waals surface area contributed by atoms with Crippen molar-refractivity contribution in [2.45, 2.75) is 19.2 Å². The van der Waals surface area contributed by atoms with Gasteiger partial charge in [-0.3, -0.25) is 4.90 Å². The molecule has 0 saturated heterocycles. The monoisotopic (exact) mass is 317 g/mol. The van der Waals surface area contributed by atoms with E-state index in [0.29, 0.717) is 19.6 Å². The minimum absolute atomic E-state index is 0.169. The lowest BCUT2D eigenvalue weighted by Crippen LogP contribution is -2.34. The summed E-state index contributed by atoms with van der Waals surface area (Å²) in [6.45, 7) is 1.84. The average molecular weight is 317 g/mol. The Morgan fingerprint density at radius 1 is 1.26 bits per heavy atom. The molecule has 0 radical (unpaired) electrons. The van der Waals surface area contributed by atoms with Gasteiger partial charge >= 0.3 is 0 Å². The zero-order chi connectivity index (χ0) is 16.5. The summed E-state index contributed by atoms with van der Waals surface area (Å²) in [5.74, 6) is 2.89. The van der Waals surface area contributed by atoms with Gasteiger partial charge in [0, 0.05) is 13.1 Å². The molecule has 1 N–H and O–H groups in total. The largest absolute Gasteiger partial charge is 0.468 e. The van der Waals surface area contributed by atoms with Crippen LogP contribution in [0.3, 0.4) is 0 Å². The van der Waals surface area contributed by atoms with Crippen LogP contribution in [-0.2, 0) is 17.8 Å². The molecule has 0 saturated carbocycles. The van der Waals surface area contributed by atoms with Crippen LogP contribution in [0.15, 0.2) is 47.1 Å². The molecule has 0 fully saturated rings. The van der Waals surface area contributed by atoms with Crippen LogP contribution in [0.25, 0.3) is 0 Å². The summed E-state index contributed by atoms with van der Waals surface area (Å²) in [6, 6.07) is 9.99. The third kappa shape index (κ3) is 6.25. The summed E-state index contributed by atoms with van der Waals surface area (Å²) in [4.78, 5) is 2.01. The number of hydrogen-bond donors (Lipinski definition) is 1. The summed E-state index contributed by atoms with van der Waals surface area (Å²) in [6.07, 6.45) is 6.05. The second-order valence-electron chi connectivity index (χ2n) is 5.25. The Kier molecular flexibility index (Phi) is 6.82. The van der Waals surface area contributed by atoms with E-state index >= 15 is 0 Å². The molecule has 1 aromatic heterocycles. The van der Waals surface area contributed by atoms with E-state index in [0.717, 1.165) is 11.3 Å². The minimum Gasteiger partial charge on any atom is -0.468 e. The van der Waals surface area contributed by atoms with E-state index in [1.54, 1.807) is 18.4 Å². The van der Waals surface area contributed by atoms with Gasteiger partial charge in [0.2, 0.25) is 0 Å². The second kappa shape index (κ2) is 9.11. The van der Waals surface area contributed by atoms with E-state index in [1.807, 2.05) is 17.0 Å². The standard InChI is InChI=1S/C18H20FNO3/c1-2-9-22-14-17(21)12-20(13-18-4-3-10-23-18)11-15-5-7-16(19)8-6-15/h1,3-8,10,17,21H,9,11-14H2. The Hall–Kier alpha value is -2.13. The van der Waals surface area contributed by atoms with Crippen molar-refractivity contribution in [3.8, 4) is 12.3 Å². The van der Waals surface area contributed by atoms with E-state index in [4.69, 9.17) is 15.6 Å². The predicted octanol–water partition coefficient (Wildman–Crippen LogP) is 2.43. The number of halogens is 1. The van der Waals surface area contributed by atoms with Crippen molar-refractivity contribution in [1.29, 1.82) is 0 Å². The molecule has 1 unspecified atom stereocenters. The van der Waals surface area contributed by atoms with Crippen LogP contribution in [0.2, 0.25) is 0 Å². The molecule has 1 aromatic carbocycles. The third-order valence-electron chi connectivity index (χ3n) is 3.24. The lowest BCUT2D eigenvalue weighted by Gasteiger charge is -2.24. The first-order chi connectivity index (χ1) is 11.2. The highest BCUT2D eigenvalue weighted by atomic mass is 19.1. The fourth-order valence-electron chi connectivity index (χ4n) is 2.26. The number of hydrogen-bond acceptors (Lipinski definition) is 4. The number of furan rings is 1. The van der Waals surface area contributed by atoms with Crippen molar-refractivity contribution >= 4 is 0 Å². The van der Waals surface area contributed by atoms with Crippen molar-refractivity contribution in [3.05, 3.63) is 59.8 Å². The van der Waals surface area contributed by atoms with Crippen LogP contribution in [-0.4, -0.2) is 35.9 Å². The summed E-state index contributed by atoms with van der Waals surface area (Å²) >= 11 is 0. The molecule has 4 nitrogen and oxygen atoms in total. The second-order valence-corrected chi connectivity index (χ2v) is 5.25. The van der Waals surface area contributed by atoms with E-state index in [2.05, 4.69) is 5.92 Å². The van der Waals surface area contributed by atoms with Crippen molar-refractivity contribution in [1.82, 2.24) is 4.90 Å². The van der Waals surface area contributed by atoms with Gasteiger partial charge in [0.25, 0.3) is 0 Å². The van der Waals surface area contributed by atoms with Gasteiger partial charge in [-0.2, -0.15) is 0 Å². The van der Waals surface area contributed by atoms with Crippen LogP contribution >= 0.6 is 0 Å². The number of rotatable bonds is 9. The fourth-order valence-corrected chi connectivity index (χ4v) is 2.26. The minimum atomic E-state index is -0.668. The average Bonchev–Trinajstić information content (AvgIpc) is 3.03. The molecule has 1 atom stereocenters. The van der Waals surface area contributed by atoms with Gasteiger partial charge in [0.1, 0.15) is 18.2 Å². The number of aliphatic hydroxyl groups excluding tert-OH is 1. The van der Waals surface area contributed by atoms with Gasteiger partial charge < -0.3 is 14.3 Å². The highest BCUT2D eigenvalue weighted by molar-refractivity contribution is 5.16. The first-order valence-corrected chi connectivity index (χ1v) is 7.36. The van der Waals surface area contributed by atoms with Crippen LogP contribution < -0.4 is 0 Å².